The van der Waals surface area contributed by atoms with Crippen LogP contribution in [-0.2, 0) is 0 Å². The summed E-state index contributed by atoms with van der Waals surface area (Å²) in [6.07, 6.45) is 0. The minimum Gasteiger partial charge on any atom is -0.268 e. The van der Waals surface area contributed by atoms with Crippen molar-refractivity contribution >= 4 is 34.8 Å². The van der Waals surface area contributed by atoms with Gasteiger partial charge in [-0.05, 0) is 53.0 Å². The van der Waals surface area contributed by atoms with Gasteiger partial charge in [0.15, 0.2) is 10.6 Å². The van der Waals surface area contributed by atoms with Gasteiger partial charge >= 0.3 is 0 Å². The van der Waals surface area contributed by atoms with Crippen LogP contribution in [0, 0.1) is 8.34 Å². The number of nitrogens with zero attached hydrogens (tertiary/aromatic N) is 2. The lowest BCUT2D eigenvalue weighted by Crippen LogP contribution is -1.98. The summed E-state index contributed by atoms with van der Waals surface area (Å²) in [5, 5.41) is 7.24. The van der Waals surface area contributed by atoms with Crippen LogP contribution >= 0.6 is 34.8 Å². The minimum atomic E-state index is 0.598. The quantitative estimate of drug-likeness (QED) is 0.535. The zero-order valence-corrected chi connectivity index (χ0v) is 12.9. The maximum Gasteiger partial charge on any atom is 0.200 e. The molecule has 94 valence electrons. The first kappa shape index (κ1) is 12.6. The van der Waals surface area contributed by atoms with Crippen molar-refractivity contribution in [1.82, 2.24) is 14.8 Å². The van der Waals surface area contributed by atoms with Gasteiger partial charge in [-0.2, -0.15) is 5.10 Å². The Bertz CT molecular complexity index is 762. The topological polar surface area (TPSA) is 33.6 Å². The summed E-state index contributed by atoms with van der Waals surface area (Å²) in [5.74, 6) is 0.834. The average Bonchev–Trinajstić information content (AvgIpc) is 2.82. The van der Waals surface area contributed by atoms with Crippen LogP contribution in [0.15, 0.2) is 54.6 Å². The number of hydrogen-bond acceptors (Lipinski definition) is 2. The van der Waals surface area contributed by atoms with Crippen molar-refractivity contribution < 1.29 is 0 Å². The molecule has 0 unspecified atom stereocenters. The Morgan fingerprint density at radius 3 is 2.42 bits per heavy atom. The summed E-state index contributed by atoms with van der Waals surface area (Å²) >= 11 is 7.65. The summed E-state index contributed by atoms with van der Waals surface area (Å²) in [6, 6.07) is 18.1. The number of benzene rings is 2. The average molecular weight is 379 g/mol. The minimum absolute atomic E-state index is 0.598. The molecule has 5 heteroatoms. The maximum atomic E-state index is 5.34. The van der Waals surface area contributed by atoms with E-state index in [4.69, 9.17) is 12.2 Å². The van der Waals surface area contributed by atoms with E-state index in [1.165, 1.54) is 0 Å². The van der Waals surface area contributed by atoms with E-state index in [1.807, 2.05) is 53.1 Å². The lowest BCUT2D eigenvalue weighted by Gasteiger charge is -2.07. The number of H-pyrrole nitrogens is 1. The summed E-state index contributed by atoms with van der Waals surface area (Å²) in [4.78, 5) is 0. The third-order valence-corrected chi connectivity index (χ3v) is 4.02. The third-order valence-electron chi connectivity index (χ3n) is 2.80. The van der Waals surface area contributed by atoms with Crippen molar-refractivity contribution in [2.75, 3.05) is 0 Å². The van der Waals surface area contributed by atoms with Crippen LogP contribution in [0.2, 0.25) is 0 Å². The Labute approximate surface area is 129 Å². The Kier molecular flexibility index (Phi) is 3.48. The van der Waals surface area contributed by atoms with Crippen molar-refractivity contribution in [2.24, 2.45) is 0 Å². The number of aromatic amines is 1. The summed E-state index contributed by atoms with van der Waals surface area (Å²) in [5.41, 5.74) is 2.08. The fourth-order valence-electron chi connectivity index (χ4n) is 1.94. The van der Waals surface area contributed by atoms with Crippen LogP contribution in [-0.4, -0.2) is 14.8 Å². The fourth-order valence-corrected chi connectivity index (χ4v) is 2.80. The molecule has 1 aromatic heterocycles. The molecule has 2 aromatic carbocycles. The largest absolute Gasteiger partial charge is 0.268 e. The first-order valence-electron chi connectivity index (χ1n) is 5.75. The molecule has 1 N–H and O–H groups in total. The fraction of sp³-hybridized carbons (Fsp3) is 0. The number of halogens is 1. The molecule has 0 bridgehead atoms. The number of rotatable bonds is 2. The molecule has 0 fully saturated rings. The summed E-state index contributed by atoms with van der Waals surface area (Å²) < 4.78 is 3.69. The molecule has 3 rings (SSSR count). The van der Waals surface area contributed by atoms with E-state index in [1.54, 1.807) is 0 Å². The van der Waals surface area contributed by atoms with E-state index in [0.717, 1.165) is 20.6 Å². The molecule has 3 aromatic rings. The molecule has 0 radical (unpaired) electrons. The van der Waals surface area contributed by atoms with Gasteiger partial charge in [0.05, 0.1) is 0 Å². The van der Waals surface area contributed by atoms with Crippen molar-refractivity contribution in [1.29, 1.82) is 0 Å². The van der Waals surface area contributed by atoms with Crippen LogP contribution in [0.25, 0.3) is 17.1 Å². The number of nitrogens with one attached hydrogen (secondary N) is 1. The van der Waals surface area contributed by atoms with E-state index in [2.05, 4.69) is 38.9 Å². The molecular formula is C14H10IN3S. The van der Waals surface area contributed by atoms with Gasteiger partial charge in [0.2, 0.25) is 0 Å². The van der Waals surface area contributed by atoms with Gasteiger partial charge in [-0.15, -0.1) is 0 Å². The van der Waals surface area contributed by atoms with Crippen LogP contribution < -0.4 is 0 Å². The Balaban J connectivity index is 2.26. The van der Waals surface area contributed by atoms with Gasteiger partial charge in [0.25, 0.3) is 0 Å². The predicted molar refractivity (Wildman–Crippen MR) is 86.9 cm³/mol. The molecule has 1 heterocycles. The number of hydrogen-bond donors (Lipinski definition) is 1. The highest BCUT2D eigenvalue weighted by Crippen LogP contribution is 2.25. The van der Waals surface area contributed by atoms with E-state index in [9.17, 15) is 0 Å². The van der Waals surface area contributed by atoms with Crippen molar-refractivity contribution in [2.45, 2.75) is 0 Å². The molecule has 0 aliphatic carbocycles. The van der Waals surface area contributed by atoms with Gasteiger partial charge in [-0.1, -0.05) is 36.4 Å². The van der Waals surface area contributed by atoms with Gasteiger partial charge < -0.3 is 0 Å². The SMILES string of the molecule is S=c1[nH]nc(-c2ccccc2I)n1-c1ccccc1. The van der Waals surface area contributed by atoms with Crippen LogP contribution in [0.4, 0.5) is 0 Å². The van der Waals surface area contributed by atoms with Gasteiger partial charge in [-0.3, -0.25) is 9.67 Å². The lowest BCUT2D eigenvalue weighted by atomic mass is 10.2. The highest BCUT2D eigenvalue weighted by atomic mass is 127. The van der Waals surface area contributed by atoms with Crippen LogP contribution in [0.1, 0.15) is 0 Å². The van der Waals surface area contributed by atoms with E-state index < -0.39 is 0 Å². The van der Waals surface area contributed by atoms with Crippen molar-refractivity contribution in [3.8, 4) is 17.1 Å². The van der Waals surface area contributed by atoms with E-state index >= 15 is 0 Å². The van der Waals surface area contributed by atoms with Crippen molar-refractivity contribution in [3.63, 3.8) is 0 Å². The first-order chi connectivity index (χ1) is 9.27. The van der Waals surface area contributed by atoms with Gasteiger partial charge in [-0.25, -0.2) is 0 Å². The second kappa shape index (κ2) is 5.26. The molecule has 0 amide bonds. The Morgan fingerprint density at radius 2 is 1.68 bits per heavy atom. The summed E-state index contributed by atoms with van der Waals surface area (Å²) in [7, 11) is 0. The molecular weight excluding hydrogens is 369 g/mol. The standard InChI is InChI=1S/C14H10IN3S/c15-12-9-5-4-8-11(12)13-16-17-14(19)18(13)10-6-2-1-3-7-10/h1-9H,(H,17,19). The zero-order valence-electron chi connectivity index (χ0n) is 9.88. The summed E-state index contributed by atoms with van der Waals surface area (Å²) in [6.45, 7) is 0. The highest BCUT2D eigenvalue weighted by Gasteiger charge is 2.12. The Hall–Kier alpha value is -1.47. The maximum absolute atomic E-state index is 5.34. The van der Waals surface area contributed by atoms with Gasteiger partial charge in [0.1, 0.15) is 0 Å². The second-order valence-electron chi connectivity index (χ2n) is 4.00. The number of para-hydroxylation sites is 1. The molecule has 0 saturated heterocycles. The van der Waals surface area contributed by atoms with E-state index in [-0.39, 0.29) is 0 Å². The monoisotopic (exact) mass is 379 g/mol. The molecule has 0 saturated carbocycles. The molecule has 3 nitrogen and oxygen atoms in total. The molecule has 19 heavy (non-hydrogen) atoms. The first-order valence-corrected chi connectivity index (χ1v) is 7.24. The van der Waals surface area contributed by atoms with Gasteiger partial charge in [0, 0.05) is 14.8 Å². The smallest absolute Gasteiger partial charge is 0.200 e. The molecule has 0 spiro atoms. The van der Waals surface area contributed by atoms with Crippen LogP contribution in [0.3, 0.4) is 0 Å². The molecule has 0 aliphatic heterocycles. The lowest BCUT2D eigenvalue weighted by molar-refractivity contribution is 1.04. The predicted octanol–water partition coefficient (Wildman–Crippen LogP) is 4.20. The molecule has 0 atom stereocenters. The highest BCUT2D eigenvalue weighted by molar-refractivity contribution is 14.1. The number of aromatic nitrogens is 3. The zero-order chi connectivity index (χ0) is 13.2. The third kappa shape index (κ3) is 2.35. The van der Waals surface area contributed by atoms with E-state index in [0.29, 0.717) is 4.77 Å². The van der Waals surface area contributed by atoms with Crippen LogP contribution in [0.5, 0.6) is 0 Å². The second-order valence-corrected chi connectivity index (χ2v) is 5.55. The van der Waals surface area contributed by atoms with Crippen molar-refractivity contribution in [3.05, 3.63) is 62.9 Å². The normalized spacial score (nSPS) is 10.6. The Morgan fingerprint density at radius 1 is 1.00 bits per heavy atom. The molecule has 0 aliphatic rings.